The minimum Gasteiger partial charge on any atom is -0.444 e. The number of nitrogens with zero attached hydrogens (tertiary/aromatic N) is 2. The summed E-state index contributed by atoms with van der Waals surface area (Å²) in [5.41, 5.74) is 8.87. The number of ether oxygens (including phenoxy) is 1. The zero-order valence-corrected chi connectivity index (χ0v) is 15.8. The maximum Gasteiger partial charge on any atom is 0.408 e. The van der Waals surface area contributed by atoms with E-state index >= 15 is 0 Å². The fourth-order valence-corrected chi connectivity index (χ4v) is 2.59. The number of aromatic nitrogens is 1. The molecule has 0 aliphatic rings. The molecular weight excluding hydrogens is 340 g/mol. The highest BCUT2D eigenvalue weighted by molar-refractivity contribution is 5.77. The van der Waals surface area contributed by atoms with E-state index in [1.165, 1.54) is 0 Å². The predicted octanol–water partition coefficient (Wildman–Crippen LogP) is 4.34. The summed E-state index contributed by atoms with van der Waals surface area (Å²) in [6.07, 6.45) is 5.13. The van der Waals surface area contributed by atoms with Gasteiger partial charge >= 0.3 is 6.09 Å². The van der Waals surface area contributed by atoms with E-state index in [0.717, 1.165) is 16.7 Å². The van der Waals surface area contributed by atoms with Crippen LogP contribution in [0.2, 0.25) is 0 Å². The van der Waals surface area contributed by atoms with E-state index < -0.39 is 11.7 Å². The van der Waals surface area contributed by atoms with E-state index in [2.05, 4.69) is 22.9 Å². The maximum atomic E-state index is 12.2. The van der Waals surface area contributed by atoms with E-state index in [-0.39, 0.29) is 6.04 Å². The molecule has 0 saturated carbocycles. The molecular formula is C21H24N4O2. The SMILES string of the molecule is C=CC[C@H](NC(=O)OC(C)(C)C)c1cncc(-c2ccc(C#N)cc2N)c1. The Bertz CT molecular complexity index is 878. The molecule has 2 aromatic rings. The molecule has 6 heteroatoms. The topological polar surface area (TPSA) is 101 Å². The summed E-state index contributed by atoms with van der Waals surface area (Å²) in [6, 6.07) is 8.77. The minimum atomic E-state index is -0.583. The molecule has 0 aliphatic heterocycles. The quantitative estimate of drug-likeness (QED) is 0.607. The van der Waals surface area contributed by atoms with Crippen LogP contribution in [0, 0.1) is 11.3 Å². The minimum absolute atomic E-state index is 0.329. The Balaban J connectivity index is 2.31. The Morgan fingerprint density at radius 1 is 1.41 bits per heavy atom. The zero-order valence-electron chi connectivity index (χ0n) is 15.8. The van der Waals surface area contributed by atoms with Gasteiger partial charge in [-0.3, -0.25) is 4.98 Å². The van der Waals surface area contributed by atoms with Crippen LogP contribution in [0.25, 0.3) is 11.1 Å². The molecule has 0 aliphatic carbocycles. The Hall–Kier alpha value is -3.33. The largest absolute Gasteiger partial charge is 0.444 e. The first-order chi connectivity index (χ1) is 12.7. The summed E-state index contributed by atoms with van der Waals surface area (Å²) in [5.74, 6) is 0. The van der Waals surface area contributed by atoms with Gasteiger partial charge in [0.05, 0.1) is 17.7 Å². The summed E-state index contributed by atoms with van der Waals surface area (Å²) in [5, 5.41) is 11.8. The number of carbonyl (C=O) groups excluding carboxylic acids is 1. The molecule has 0 unspecified atom stereocenters. The van der Waals surface area contributed by atoms with E-state index in [4.69, 9.17) is 15.7 Å². The fraction of sp³-hybridized carbons (Fsp3) is 0.286. The van der Waals surface area contributed by atoms with Gasteiger partial charge in [-0.25, -0.2) is 4.79 Å². The molecule has 1 atom stereocenters. The maximum absolute atomic E-state index is 12.2. The smallest absolute Gasteiger partial charge is 0.408 e. The van der Waals surface area contributed by atoms with Crippen LogP contribution in [0.5, 0.6) is 0 Å². The van der Waals surface area contributed by atoms with E-state index in [0.29, 0.717) is 17.7 Å². The highest BCUT2D eigenvalue weighted by atomic mass is 16.6. The van der Waals surface area contributed by atoms with Crippen LogP contribution < -0.4 is 11.1 Å². The summed E-state index contributed by atoms with van der Waals surface area (Å²) < 4.78 is 5.34. The average molecular weight is 364 g/mol. The third-order valence-corrected chi connectivity index (χ3v) is 3.75. The molecule has 1 aromatic carbocycles. The summed E-state index contributed by atoms with van der Waals surface area (Å²) in [6.45, 7) is 9.19. The molecule has 0 spiro atoms. The number of hydrogen-bond donors (Lipinski definition) is 2. The van der Waals surface area contributed by atoms with Crippen molar-refractivity contribution in [3.8, 4) is 17.2 Å². The second kappa shape index (κ2) is 8.37. The van der Waals surface area contributed by atoms with Gasteiger partial charge in [0.1, 0.15) is 5.60 Å². The van der Waals surface area contributed by atoms with Gasteiger partial charge in [-0.05, 0) is 51.0 Å². The predicted molar refractivity (Wildman–Crippen MR) is 106 cm³/mol. The summed E-state index contributed by atoms with van der Waals surface area (Å²) in [7, 11) is 0. The van der Waals surface area contributed by atoms with Crippen LogP contribution in [0.1, 0.15) is 44.4 Å². The third kappa shape index (κ3) is 5.58. The lowest BCUT2D eigenvalue weighted by atomic mass is 9.99. The van der Waals surface area contributed by atoms with Gasteiger partial charge in [0.2, 0.25) is 0 Å². The number of benzene rings is 1. The number of nitrogen functional groups attached to an aromatic ring is 1. The van der Waals surface area contributed by atoms with Gasteiger partial charge in [0, 0.05) is 29.2 Å². The summed E-state index contributed by atoms with van der Waals surface area (Å²) >= 11 is 0. The molecule has 27 heavy (non-hydrogen) atoms. The normalized spacial score (nSPS) is 11.9. The number of alkyl carbamates (subject to hydrolysis) is 1. The number of carbonyl (C=O) groups is 1. The van der Waals surface area contributed by atoms with Gasteiger partial charge in [0.25, 0.3) is 0 Å². The lowest BCUT2D eigenvalue weighted by molar-refractivity contribution is 0.0504. The van der Waals surface area contributed by atoms with Crippen LogP contribution in [-0.4, -0.2) is 16.7 Å². The second-order valence-corrected chi connectivity index (χ2v) is 7.14. The molecule has 140 valence electrons. The Kier molecular flexibility index (Phi) is 6.19. The van der Waals surface area contributed by atoms with Crippen LogP contribution in [0.3, 0.4) is 0 Å². The van der Waals surface area contributed by atoms with Crippen molar-refractivity contribution in [1.82, 2.24) is 10.3 Å². The van der Waals surface area contributed by atoms with Gasteiger partial charge in [0.15, 0.2) is 0 Å². The van der Waals surface area contributed by atoms with Crippen LogP contribution in [0.15, 0.2) is 49.3 Å². The summed E-state index contributed by atoms with van der Waals surface area (Å²) in [4.78, 5) is 16.4. The van der Waals surface area contributed by atoms with Crippen LogP contribution in [0.4, 0.5) is 10.5 Å². The first kappa shape index (κ1) is 20.0. The fourth-order valence-electron chi connectivity index (χ4n) is 2.59. The number of rotatable bonds is 5. The average Bonchev–Trinajstić information content (AvgIpc) is 2.59. The van der Waals surface area contributed by atoms with Gasteiger partial charge in [-0.2, -0.15) is 5.26 Å². The molecule has 0 saturated heterocycles. The second-order valence-electron chi connectivity index (χ2n) is 7.14. The molecule has 1 aromatic heterocycles. The van der Waals surface area contributed by atoms with Gasteiger partial charge in [-0.15, -0.1) is 6.58 Å². The lowest BCUT2D eigenvalue weighted by Crippen LogP contribution is -2.34. The van der Waals surface area contributed by atoms with Gasteiger partial charge < -0.3 is 15.8 Å². The standard InChI is InChI=1S/C21H24N4O2/c1-5-6-19(25-20(26)27-21(2,3)4)16-10-15(12-24-13-16)17-8-7-14(11-22)9-18(17)23/h5,7-10,12-13,19H,1,6,23H2,2-4H3,(H,25,26)/t19-/m0/s1. The third-order valence-electron chi connectivity index (χ3n) is 3.75. The number of pyridine rings is 1. The van der Waals surface area contributed by atoms with Crippen LogP contribution >= 0.6 is 0 Å². The Morgan fingerprint density at radius 3 is 2.74 bits per heavy atom. The van der Waals surface area contributed by atoms with Crippen molar-refractivity contribution in [3.05, 3.63) is 60.4 Å². The highest BCUT2D eigenvalue weighted by Crippen LogP contribution is 2.29. The number of amides is 1. The Morgan fingerprint density at radius 2 is 2.15 bits per heavy atom. The van der Waals surface area contributed by atoms with E-state index in [1.807, 2.05) is 26.8 Å². The number of nitrogens with one attached hydrogen (secondary N) is 1. The number of hydrogen-bond acceptors (Lipinski definition) is 5. The van der Waals surface area contributed by atoms with Crippen molar-refractivity contribution in [2.45, 2.75) is 38.8 Å². The van der Waals surface area contributed by atoms with Crippen molar-refractivity contribution >= 4 is 11.8 Å². The molecule has 6 nitrogen and oxygen atoms in total. The number of nitriles is 1. The van der Waals surface area contributed by atoms with Crippen molar-refractivity contribution in [3.63, 3.8) is 0 Å². The van der Waals surface area contributed by atoms with Crippen molar-refractivity contribution in [1.29, 1.82) is 5.26 Å². The van der Waals surface area contributed by atoms with E-state index in [9.17, 15) is 4.79 Å². The molecule has 0 radical (unpaired) electrons. The zero-order chi connectivity index (χ0) is 20.0. The van der Waals surface area contributed by atoms with Crippen LogP contribution in [-0.2, 0) is 4.74 Å². The van der Waals surface area contributed by atoms with Crippen molar-refractivity contribution in [2.24, 2.45) is 0 Å². The highest BCUT2D eigenvalue weighted by Gasteiger charge is 2.20. The molecule has 1 heterocycles. The molecule has 0 bridgehead atoms. The molecule has 0 fully saturated rings. The molecule has 1 amide bonds. The van der Waals surface area contributed by atoms with Gasteiger partial charge in [-0.1, -0.05) is 12.1 Å². The van der Waals surface area contributed by atoms with E-state index in [1.54, 1.807) is 36.7 Å². The first-order valence-electron chi connectivity index (χ1n) is 8.59. The van der Waals surface area contributed by atoms with Crippen molar-refractivity contribution in [2.75, 3.05) is 5.73 Å². The lowest BCUT2D eigenvalue weighted by Gasteiger charge is -2.23. The monoisotopic (exact) mass is 364 g/mol. The molecule has 2 rings (SSSR count). The number of nitrogens with two attached hydrogens (primary N) is 1. The Labute approximate surface area is 159 Å². The molecule has 3 N–H and O–H groups in total. The number of anilines is 1. The van der Waals surface area contributed by atoms with Crippen molar-refractivity contribution < 1.29 is 9.53 Å². The first-order valence-corrected chi connectivity index (χ1v) is 8.59.